The van der Waals surface area contributed by atoms with Crippen LogP contribution in [0.1, 0.15) is 21.5 Å². The van der Waals surface area contributed by atoms with E-state index in [4.69, 9.17) is 0 Å². The molecule has 0 saturated heterocycles. The number of hydrogen-bond acceptors (Lipinski definition) is 6. The van der Waals surface area contributed by atoms with Gasteiger partial charge in [0.1, 0.15) is 5.82 Å². The molecule has 1 amide bonds. The monoisotopic (exact) mass is 476 g/mol. The second-order valence-electron chi connectivity index (χ2n) is 6.77. The Morgan fingerprint density at radius 2 is 1.68 bits per heavy atom. The van der Waals surface area contributed by atoms with Crippen molar-refractivity contribution >= 4 is 33.4 Å². The Morgan fingerprint density at radius 1 is 0.935 bits per heavy atom. The second kappa shape index (κ2) is 9.40. The molecule has 0 radical (unpaired) electrons. The molecule has 2 aromatic carbocycles. The van der Waals surface area contributed by atoms with E-state index in [1.807, 2.05) is 24.3 Å². The van der Waals surface area contributed by atoms with Gasteiger partial charge in [0.15, 0.2) is 5.78 Å². The van der Waals surface area contributed by atoms with Crippen molar-refractivity contribution in [2.45, 2.75) is 12.8 Å². The number of benzene rings is 2. The first-order valence-electron chi connectivity index (χ1n) is 9.44. The van der Waals surface area contributed by atoms with Crippen LogP contribution >= 0.6 is 15.9 Å². The number of amides is 1. The second-order valence-corrected chi connectivity index (χ2v) is 7.68. The summed E-state index contributed by atoms with van der Waals surface area (Å²) in [5, 5.41) is 16.6. The fourth-order valence-corrected chi connectivity index (χ4v) is 3.31. The topological polar surface area (TPSA) is 114 Å². The van der Waals surface area contributed by atoms with Crippen LogP contribution in [0, 0.1) is 0 Å². The lowest BCUT2D eigenvalue weighted by Gasteiger charge is -2.10. The summed E-state index contributed by atoms with van der Waals surface area (Å²) in [4.78, 5) is 29.4. The maximum absolute atomic E-state index is 12.8. The number of rotatable bonds is 7. The summed E-state index contributed by atoms with van der Waals surface area (Å²) < 4.78 is 0.833. The van der Waals surface area contributed by atoms with E-state index in [0.717, 1.165) is 21.2 Å². The van der Waals surface area contributed by atoms with Gasteiger partial charge in [0.25, 0.3) is 0 Å². The van der Waals surface area contributed by atoms with Gasteiger partial charge in [-0.05, 0) is 44.4 Å². The van der Waals surface area contributed by atoms with Crippen LogP contribution in [0.3, 0.4) is 0 Å². The fourth-order valence-electron chi connectivity index (χ4n) is 3.08. The first kappa shape index (κ1) is 20.5. The molecule has 2 N–H and O–H groups in total. The van der Waals surface area contributed by atoms with Gasteiger partial charge in [-0.3, -0.25) is 9.59 Å². The molecule has 2 aromatic heterocycles. The van der Waals surface area contributed by atoms with Crippen LogP contribution in [0.25, 0.3) is 11.4 Å². The summed E-state index contributed by atoms with van der Waals surface area (Å²) >= 11 is 3.31. The van der Waals surface area contributed by atoms with E-state index >= 15 is 0 Å². The Balaban J connectivity index is 1.43. The van der Waals surface area contributed by atoms with Crippen LogP contribution in [0.5, 0.6) is 0 Å². The zero-order valence-electron chi connectivity index (χ0n) is 16.2. The summed E-state index contributed by atoms with van der Waals surface area (Å²) in [7, 11) is 0. The molecule has 0 saturated carbocycles. The predicted octanol–water partition coefficient (Wildman–Crippen LogP) is 3.63. The fraction of sp³-hybridized carbons (Fsp3) is 0.0909. The van der Waals surface area contributed by atoms with Gasteiger partial charge in [0.05, 0.1) is 6.42 Å². The van der Waals surface area contributed by atoms with Crippen molar-refractivity contribution in [2.75, 3.05) is 5.32 Å². The van der Waals surface area contributed by atoms with Gasteiger partial charge >= 0.3 is 0 Å². The standard InChI is InChI=1S/C22H17BrN6O2/c23-18-9-10-20(24-13-18)25-21(31)12-17-4-2-1-3-16(17)11-19(30)14-5-7-15(8-6-14)22-26-28-29-27-22/h1-10,13H,11-12H2,(H,24,25,31)(H,26,27,28,29). The van der Waals surface area contributed by atoms with E-state index in [-0.39, 0.29) is 24.5 Å². The number of H-pyrrole nitrogens is 1. The third-order valence-corrected chi connectivity index (χ3v) is 5.09. The van der Waals surface area contributed by atoms with Gasteiger partial charge in [-0.15, -0.1) is 10.2 Å². The summed E-state index contributed by atoms with van der Waals surface area (Å²) in [5.74, 6) is 0.709. The first-order chi connectivity index (χ1) is 15.1. The van der Waals surface area contributed by atoms with Gasteiger partial charge in [-0.2, -0.15) is 5.21 Å². The Labute approximate surface area is 186 Å². The molecule has 2 heterocycles. The number of aromatic amines is 1. The highest BCUT2D eigenvalue weighted by Crippen LogP contribution is 2.18. The van der Waals surface area contributed by atoms with Crippen LogP contribution in [0.4, 0.5) is 5.82 Å². The molecule has 31 heavy (non-hydrogen) atoms. The molecule has 0 spiro atoms. The molecular weight excluding hydrogens is 460 g/mol. The number of halogens is 1. The molecule has 0 unspecified atom stereocenters. The molecule has 0 aliphatic carbocycles. The molecule has 0 bridgehead atoms. The number of aromatic nitrogens is 5. The number of nitrogens with zero attached hydrogens (tertiary/aromatic N) is 4. The van der Waals surface area contributed by atoms with E-state index in [1.165, 1.54) is 0 Å². The van der Waals surface area contributed by atoms with Gasteiger partial charge in [-0.25, -0.2) is 4.98 Å². The Kier molecular flexibility index (Phi) is 6.23. The average Bonchev–Trinajstić information content (AvgIpc) is 3.32. The molecule has 0 aliphatic rings. The summed E-state index contributed by atoms with van der Waals surface area (Å²) in [6.45, 7) is 0. The highest BCUT2D eigenvalue weighted by Gasteiger charge is 2.14. The molecular formula is C22H17BrN6O2. The quantitative estimate of drug-likeness (QED) is 0.393. The van der Waals surface area contributed by atoms with E-state index in [1.54, 1.807) is 42.6 Å². The first-order valence-corrected chi connectivity index (χ1v) is 10.2. The number of hydrogen-bond donors (Lipinski definition) is 2. The average molecular weight is 477 g/mol. The van der Waals surface area contributed by atoms with E-state index in [2.05, 4.69) is 46.9 Å². The highest BCUT2D eigenvalue weighted by molar-refractivity contribution is 9.10. The Morgan fingerprint density at radius 3 is 2.32 bits per heavy atom. The number of pyridine rings is 1. The number of ketones is 1. The molecule has 9 heteroatoms. The van der Waals surface area contributed by atoms with E-state index < -0.39 is 0 Å². The number of carbonyl (C=O) groups is 2. The summed E-state index contributed by atoms with van der Waals surface area (Å²) in [6, 6.07) is 18.0. The van der Waals surface area contributed by atoms with E-state index in [0.29, 0.717) is 17.2 Å². The van der Waals surface area contributed by atoms with Crippen molar-refractivity contribution in [3.05, 3.63) is 88.0 Å². The van der Waals surface area contributed by atoms with Gasteiger partial charge in [0.2, 0.25) is 11.7 Å². The maximum Gasteiger partial charge on any atom is 0.229 e. The van der Waals surface area contributed by atoms with Gasteiger partial charge in [-0.1, -0.05) is 48.5 Å². The lowest BCUT2D eigenvalue weighted by molar-refractivity contribution is -0.115. The summed E-state index contributed by atoms with van der Waals surface area (Å²) in [5.41, 5.74) is 2.96. The zero-order valence-corrected chi connectivity index (χ0v) is 17.8. The Bertz CT molecular complexity index is 1190. The number of Topliss-reactive ketones (excluding diaryl/α,β-unsaturated/α-hetero) is 1. The molecule has 4 aromatic rings. The largest absolute Gasteiger partial charge is 0.310 e. The Hall–Kier alpha value is -3.72. The van der Waals surface area contributed by atoms with Crippen molar-refractivity contribution < 1.29 is 9.59 Å². The molecule has 8 nitrogen and oxygen atoms in total. The molecule has 154 valence electrons. The van der Waals surface area contributed by atoms with E-state index in [9.17, 15) is 9.59 Å². The normalized spacial score (nSPS) is 10.6. The number of anilines is 1. The lowest BCUT2D eigenvalue weighted by Crippen LogP contribution is -2.17. The SMILES string of the molecule is O=C(Cc1ccccc1CC(=O)c1ccc(-c2nn[nH]n2)cc1)Nc1ccc(Br)cn1. The van der Waals surface area contributed by atoms with Crippen molar-refractivity contribution in [1.82, 2.24) is 25.6 Å². The molecule has 4 rings (SSSR count). The van der Waals surface area contributed by atoms with Crippen LogP contribution in [0.2, 0.25) is 0 Å². The third-order valence-electron chi connectivity index (χ3n) is 4.63. The molecule has 0 fully saturated rings. The van der Waals surface area contributed by atoms with Crippen molar-refractivity contribution in [1.29, 1.82) is 0 Å². The van der Waals surface area contributed by atoms with Crippen LogP contribution in [-0.4, -0.2) is 37.3 Å². The van der Waals surface area contributed by atoms with Crippen molar-refractivity contribution in [3.63, 3.8) is 0 Å². The number of tetrazole rings is 1. The van der Waals surface area contributed by atoms with Crippen molar-refractivity contribution in [3.8, 4) is 11.4 Å². The predicted molar refractivity (Wildman–Crippen MR) is 118 cm³/mol. The number of carbonyl (C=O) groups excluding carboxylic acids is 2. The number of nitrogens with one attached hydrogen (secondary N) is 2. The van der Waals surface area contributed by atoms with Crippen LogP contribution < -0.4 is 5.32 Å². The minimum atomic E-state index is -0.195. The molecule has 0 atom stereocenters. The van der Waals surface area contributed by atoms with Crippen LogP contribution in [-0.2, 0) is 17.6 Å². The summed E-state index contributed by atoms with van der Waals surface area (Å²) in [6.07, 6.45) is 1.96. The lowest BCUT2D eigenvalue weighted by atomic mass is 9.96. The van der Waals surface area contributed by atoms with Crippen molar-refractivity contribution in [2.24, 2.45) is 0 Å². The highest BCUT2D eigenvalue weighted by atomic mass is 79.9. The van der Waals surface area contributed by atoms with Gasteiger partial charge in [0, 0.05) is 28.2 Å². The smallest absolute Gasteiger partial charge is 0.229 e. The van der Waals surface area contributed by atoms with Crippen LogP contribution in [0.15, 0.2) is 71.3 Å². The minimum Gasteiger partial charge on any atom is -0.310 e. The molecule has 0 aliphatic heterocycles. The zero-order chi connectivity index (χ0) is 21.6. The minimum absolute atomic E-state index is 0.0397. The third kappa shape index (κ3) is 5.26. The van der Waals surface area contributed by atoms with Gasteiger partial charge < -0.3 is 5.32 Å². The maximum atomic E-state index is 12.8.